The molecule has 1 aromatic heterocycles. The van der Waals surface area contributed by atoms with Crippen LogP contribution in [0.25, 0.3) is 0 Å². The van der Waals surface area contributed by atoms with Crippen LogP contribution in [0.1, 0.15) is 29.9 Å². The van der Waals surface area contributed by atoms with Gasteiger partial charge >= 0.3 is 0 Å². The van der Waals surface area contributed by atoms with Crippen LogP contribution in [0.3, 0.4) is 0 Å². The summed E-state index contributed by atoms with van der Waals surface area (Å²) in [6.45, 7) is 3.62. The van der Waals surface area contributed by atoms with Crippen LogP contribution in [0.4, 0.5) is 5.69 Å². The zero-order valence-electron chi connectivity index (χ0n) is 10.3. The lowest BCUT2D eigenvalue weighted by Gasteiger charge is -2.15. The molecule has 1 amide bonds. The number of carbonyl (C=O) groups is 2. The van der Waals surface area contributed by atoms with Crippen LogP contribution in [0.2, 0.25) is 0 Å². The maximum Gasteiger partial charge on any atom is 0.238 e. The quantitative estimate of drug-likeness (QED) is 0.720. The van der Waals surface area contributed by atoms with Crippen LogP contribution in [0.15, 0.2) is 6.07 Å². The summed E-state index contributed by atoms with van der Waals surface area (Å²) in [7, 11) is 3.13. The van der Waals surface area contributed by atoms with Crippen molar-refractivity contribution in [2.75, 3.05) is 19.1 Å². The summed E-state index contributed by atoms with van der Waals surface area (Å²) in [6, 6.07) is 1.64. The molecule has 5 heteroatoms. The summed E-state index contributed by atoms with van der Waals surface area (Å²) in [5.41, 5.74) is 0.984. The fourth-order valence-electron chi connectivity index (χ4n) is 2.09. The van der Waals surface area contributed by atoms with E-state index < -0.39 is 5.41 Å². The van der Waals surface area contributed by atoms with E-state index >= 15 is 0 Å². The van der Waals surface area contributed by atoms with E-state index in [1.165, 1.54) is 12.0 Å². The molecule has 2 rings (SSSR count). The normalized spacial score (nSPS) is 16.9. The number of likely N-dealkylation sites (N-methyl/N-ethyl adjacent to an activating group) is 1. The Morgan fingerprint density at radius 3 is 2.65 bits per heavy atom. The zero-order chi connectivity index (χ0) is 12.8. The molecule has 0 N–H and O–H groups in total. The molecule has 0 unspecified atom stereocenters. The Morgan fingerprint density at radius 2 is 2.12 bits per heavy atom. The van der Waals surface area contributed by atoms with Gasteiger partial charge in [-0.3, -0.25) is 9.59 Å². The van der Waals surface area contributed by atoms with Gasteiger partial charge in [0.2, 0.25) is 11.8 Å². The molecule has 0 radical (unpaired) electrons. The number of rotatable bonds is 2. The molecule has 0 bridgehead atoms. The van der Waals surface area contributed by atoms with E-state index in [0.29, 0.717) is 23.2 Å². The first-order valence-electron chi connectivity index (χ1n) is 5.26. The third-order valence-electron chi connectivity index (χ3n) is 3.11. The number of amides is 1. The average Bonchev–Trinajstić information content (AvgIpc) is 2.49. The van der Waals surface area contributed by atoms with Crippen molar-refractivity contribution in [1.82, 2.24) is 4.98 Å². The second kappa shape index (κ2) is 3.55. The van der Waals surface area contributed by atoms with Gasteiger partial charge in [0, 0.05) is 7.05 Å². The molecule has 0 fully saturated rings. The largest absolute Gasteiger partial charge is 0.480 e. The number of methoxy groups -OCH3 is 1. The molecule has 5 nitrogen and oxygen atoms in total. The van der Waals surface area contributed by atoms with Crippen molar-refractivity contribution in [3.05, 3.63) is 17.3 Å². The molecule has 1 aliphatic heterocycles. The molecule has 0 aromatic carbocycles. The van der Waals surface area contributed by atoms with Crippen LogP contribution in [-0.4, -0.2) is 31.3 Å². The Balaban J connectivity index is 2.71. The van der Waals surface area contributed by atoms with Gasteiger partial charge in [0.05, 0.1) is 29.5 Å². The Bertz CT molecular complexity index is 509. The highest BCUT2D eigenvalue weighted by Crippen LogP contribution is 2.41. The highest BCUT2D eigenvalue weighted by molar-refractivity contribution is 6.07. The first-order chi connectivity index (χ1) is 7.93. The highest BCUT2D eigenvalue weighted by atomic mass is 16.5. The fraction of sp³-hybridized carbons (Fsp3) is 0.417. The third-order valence-corrected chi connectivity index (χ3v) is 3.11. The second-order valence-electron chi connectivity index (χ2n) is 4.56. The van der Waals surface area contributed by atoms with Crippen LogP contribution < -0.4 is 9.64 Å². The first kappa shape index (κ1) is 11.6. The predicted molar refractivity (Wildman–Crippen MR) is 62.6 cm³/mol. The van der Waals surface area contributed by atoms with E-state index in [1.807, 2.05) is 13.8 Å². The molecule has 2 heterocycles. The van der Waals surface area contributed by atoms with Gasteiger partial charge in [-0.25, -0.2) is 4.98 Å². The fourth-order valence-corrected chi connectivity index (χ4v) is 2.09. The molecule has 0 aliphatic carbocycles. The van der Waals surface area contributed by atoms with Crippen molar-refractivity contribution in [3.8, 4) is 5.88 Å². The topological polar surface area (TPSA) is 59.5 Å². The summed E-state index contributed by atoms with van der Waals surface area (Å²) in [4.78, 5) is 28.8. The summed E-state index contributed by atoms with van der Waals surface area (Å²) in [5, 5.41) is 0. The van der Waals surface area contributed by atoms with E-state index in [4.69, 9.17) is 4.74 Å². The van der Waals surface area contributed by atoms with Crippen LogP contribution >= 0.6 is 0 Å². The average molecular weight is 234 g/mol. The van der Waals surface area contributed by atoms with Gasteiger partial charge in [0.25, 0.3) is 0 Å². The van der Waals surface area contributed by atoms with E-state index in [9.17, 15) is 9.59 Å². The van der Waals surface area contributed by atoms with Crippen molar-refractivity contribution in [2.24, 2.45) is 0 Å². The van der Waals surface area contributed by atoms with Gasteiger partial charge in [0.15, 0.2) is 6.29 Å². The Labute approximate surface area is 99.4 Å². The number of hydrogen-bond acceptors (Lipinski definition) is 4. The number of pyridine rings is 1. The summed E-state index contributed by atoms with van der Waals surface area (Å²) in [6.07, 6.45) is 0.676. The number of aldehydes is 1. The van der Waals surface area contributed by atoms with Crippen molar-refractivity contribution >= 4 is 17.9 Å². The van der Waals surface area contributed by atoms with Crippen molar-refractivity contribution < 1.29 is 14.3 Å². The van der Waals surface area contributed by atoms with Crippen LogP contribution in [0.5, 0.6) is 5.88 Å². The lowest BCUT2D eigenvalue weighted by Crippen LogP contribution is -2.33. The summed E-state index contributed by atoms with van der Waals surface area (Å²) >= 11 is 0. The summed E-state index contributed by atoms with van der Waals surface area (Å²) in [5.74, 6) is 0.222. The lowest BCUT2D eigenvalue weighted by molar-refractivity contribution is -0.121. The van der Waals surface area contributed by atoms with Gasteiger partial charge in [-0.05, 0) is 19.9 Å². The van der Waals surface area contributed by atoms with Crippen LogP contribution in [-0.2, 0) is 10.2 Å². The van der Waals surface area contributed by atoms with Crippen molar-refractivity contribution in [3.63, 3.8) is 0 Å². The Morgan fingerprint density at radius 1 is 1.47 bits per heavy atom. The maximum atomic E-state index is 12.0. The van der Waals surface area contributed by atoms with Gasteiger partial charge in [-0.15, -0.1) is 0 Å². The summed E-state index contributed by atoms with van der Waals surface area (Å²) < 4.78 is 5.05. The van der Waals surface area contributed by atoms with Gasteiger partial charge < -0.3 is 9.64 Å². The Hall–Kier alpha value is -1.91. The maximum absolute atomic E-state index is 12.0. The molecule has 0 saturated carbocycles. The molecule has 0 spiro atoms. The number of nitrogens with zero attached hydrogens (tertiary/aromatic N) is 2. The van der Waals surface area contributed by atoms with Crippen LogP contribution in [0, 0.1) is 0 Å². The predicted octanol–water partition coefficient (Wildman–Crippen LogP) is 1.16. The number of hydrogen-bond donors (Lipinski definition) is 0. The minimum atomic E-state index is -0.682. The van der Waals surface area contributed by atoms with Crippen molar-refractivity contribution in [2.45, 2.75) is 19.3 Å². The molecule has 1 aliphatic rings. The second-order valence-corrected chi connectivity index (χ2v) is 4.56. The number of carbonyl (C=O) groups excluding carboxylic acids is 2. The van der Waals surface area contributed by atoms with E-state index in [1.54, 1.807) is 13.1 Å². The molecular formula is C12H14N2O3. The minimum Gasteiger partial charge on any atom is -0.480 e. The number of fused-ring (bicyclic) bond motifs is 1. The molecule has 0 atom stereocenters. The standard InChI is InChI=1S/C12H14N2O3/c1-12(2)9-8(14(3)11(12)16)5-7(6-15)10(13-9)17-4/h5-6H,1-4H3. The van der Waals surface area contributed by atoms with Gasteiger partial charge in [0.1, 0.15) is 0 Å². The molecule has 17 heavy (non-hydrogen) atoms. The minimum absolute atomic E-state index is 0.0369. The molecule has 90 valence electrons. The third kappa shape index (κ3) is 1.42. The molecule has 1 aromatic rings. The Kier molecular flexibility index (Phi) is 2.41. The van der Waals surface area contributed by atoms with E-state index in [2.05, 4.69) is 4.98 Å². The van der Waals surface area contributed by atoms with E-state index in [0.717, 1.165) is 0 Å². The monoisotopic (exact) mass is 234 g/mol. The lowest BCUT2D eigenvalue weighted by atomic mass is 9.90. The number of anilines is 1. The number of aromatic nitrogens is 1. The highest BCUT2D eigenvalue weighted by Gasteiger charge is 2.44. The van der Waals surface area contributed by atoms with E-state index in [-0.39, 0.29) is 11.8 Å². The molecular weight excluding hydrogens is 220 g/mol. The van der Waals surface area contributed by atoms with Crippen molar-refractivity contribution in [1.29, 1.82) is 0 Å². The number of ether oxygens (including phenoxy) is 1. The molecule has 0 saturated heterocycles. The zero-order valence-corrected chi connectivity index (χ0v) is 10.3. The first-order valence-corrected chi connectivity index (χ1v) is 5.26. The van der Waals surface area contributed by atoms with Gasteiger partial charge in [-0.2, -0.15) is 0 Å². The smallest absolute Gasteiger partial charge is 0.238 e. The van der Waals surface area contributed by atoms with Gasteiger partial charge in [-0.1, -0.05) is 0 Å². The SMILES string of the molecule is COc1nc2c(cc1C=O)N(C)C(=O)C2(C)C.